The predicted molar refractivity (Wildman–Crippen MR) is 84.0 cm³/mol. The van der Waals surface area contributed by atoms with Crippen molar-refractivity contribution in [3.8, 4) is 5.75 Å². The average molecular weight is 289 g/mol. The first kappa shape index (κ1) is 15.4. The van der Waals surface area contributed by atoms with E-state index in [0.717, 1.165) is 43.5 Å². The van der Waals surface area contributed by atoms with Crippen LogP contribution in [0.5, 0.6) is 5.75 Å². The quantitative estimate of drug-likeness (QED) is 0.759. The molecule has 0 amide bonds. The van der Waals surface area contributed by atoms with E-state index in [9.17, 15) is 0 Å². The van der Waals surface area contributed by atoms with Crippen LogP contribution in [0.25, 0.3) is 0 Å². The predicted octanol–water partition coefficient (Wildman–Crippen LogP) is 2.70. The molecule has 1 aromatic carbocycles. The zero-order chi connectivity index (χ0) is 15.1. The van der Waals surface area contributed by atoms with Gasteiger partial charge in [0.1, 0.15) is 5.75 Å². The fraction of sp³-hybridized carbons (Fsp3) is 0.438. The maximum Gasteiger partial charge on any atom is 0.203 e. The Morgan fingerprint density at radius 2 is 2.14 bits per heavy atom. The molecule has 0 radical (unpaired) electrons. The second-order valence-corrected chi connectivity index (χ2v) is 4.96. The summed E-state index contributed by atoms with van der Waals surface area (Å²) in [5, 5.41) is 3.36. The van der Waals surface area contributed by atoms with Crippen LogP contribution in [0.1, 0.15) is 17.7 Å². The zero-order valence-electron chi connectivity index (χ0n) is 12.9. The molecule has 2 aromatic rings. The normalized spacial score (nSPS) is 10.6. The van der Waals surface area contributed by atoms with Crippen LogP contribution in [0, 0.1) is 6.92 Å². The van der Waals surface area contributed by atoms with E-state index in [1.54, 1.807) is 14.2 Å². The molecule has 1 N–H and O–H groups in total. The molecule has 2 rings (SSSR count). The second kappa shape index (κ2) is 7.69. The molecule has 0 bridgehead atoms. The van der Waals surface area contributed by atoms with E-state index in [-0.39, 0.29) is 0 Å². The molecular weight excluding hydrogens is 266 g/mol. The van der Waals surface area contributed by atoms with E-state index >= 15 is 0 Å². The summed E-state index contributed by atoms with van der Waals surface area (Å²) in [6.07, 6.45) is 3.01. The van der Waals surface area contributed by atoms with E-state index < -0.39 is 0 Å². The van der Waals surface area contributed by atoms with Crippen LogP contribution in [0.4, 0.5) is 5.95 Å². The topological polar surface area (TPSA) is 48.3 Å². The van der Waals surface area contributed by atoms with Gasteiger partial charge in [-0.15, -0.1) is 0 Å². The summed E-state index contributed by atoms with van der Waals surface area (Å²) < 4.78 is 12.4. The molecule has 0 fully saturated rings. The van der Waals surface area contributed by atoms with Gasteiger partial charge < -0.3 is 19.4 Å². The largest absolute Gasteiger partial charge is 0.497 e. The molecule has 0 atom stereocenters. The number of nitrogens with one attached hydrogen (secondary N) is 1. The summed E-state index contributed by atoms with van der Waals surface area (Å²) >= 11 is 0. The van der Waals surface area contributed by atoms with Crippen molar-refractivity contribution in [3.63, 3.8) is 0 Å². The third-order valence-electron chi connectivity index (χ3n) is 3.19. The number of imidazole rings is 1. The summed E-state index contributed by atoms with van der Waals surface area (Å²) in [4.78, 5) is 4.53. The van der Waals surface area contributed by atoms with Crippen LogP contribution in [0.3, 0.4) is 0 Å². The first-order valence-electron chi connectivity index (χ1n) is 7.12. The van der Waals surface area contributed by atoms with Crippen LogP contribution < -0.4 is 10.1 Å². The van der Waals surface area contributed by atoms with E-state index in [1.807, 2.05) is 25.1 Å². The number of rotatable bonds is 8. The molecule has 0 aliphatic carbocycles. The molecule has 0 spiro atoms. The van der Waals surface area contributed by atoms with Crippen LogP contribution in [-0.2, 0) is 11.3 Å². The SMILES string of the molecule is COCCCNc1nc(C)cn1Cc1cccc(OC)c1. The molecule has 1 aromatic heterocycles. The third-order valence-corrected chi connectivity index (χ3v) is 3.19. The van der Waals surface area contributed by atoms with Crippen molar-refractivity contribution in [1.82, 2.24) is 9.55 Å². The van der Waals surface area contributed by atoms with Gasteiger partial charge in [0.05, 0.1) is 19.3 Å². The first-order chi connectivity index (χ1) is 10.2. The van der Waals surface area contributed by atoms with Gasteiger partial charge in [-0.2, -0.15) is 0 Å². The van der Waals surface area contributed by atoms with Crippen molar-refractivity contribution in [3.05, 3.63) is 41.7 Å². The Morgan fingerprint density at radius 1 is 1.29 bits per heavy atom. The number of methoxy groups -OCH3 is 2. The van der Waals surface area contributed by atoms with Crippen molar-refractivity contribution < 1.29 is 9.47 Å². The van der Waals surface area contributed by atoms with E-state index in [4.69, 9.17) is 9.47 Å². The van der Waals surface area contributed by atoms with Crippen LogP contribution in [-0.4, -0.2) is 36.9 Å². The summed E-state index contributed by atoms with van der Waals surface area (Å²) in [5.74, 6) is 1.77. The van der Waals surface area contributed by atoms with E-state index in [1.165, 1.54) is 5.56 Å². The molecule has 0 aliphatic heterocycles. The number of aryl methyl sites for hydroxylation is 1. The Balaban J connectivity index is 2.04. The van der Waals surface area contributed by atoms with Crippen LogP contribution in [0.2, 0.25) is 0 Å². The number of aromatic nitrogens is 2. The van der Waals surface area contributed by atoms with E-state index in [2.05, 4.69) is 27.1 Å². The fourth-order valence-electron chi connectivity index (χ4n) is 2.19. The molecule has 0 unspecified atom stereocenters. The lowest BCUT2D eigenvalue weighted by Gasteiger charge is -2.10. The maximum atomic E-state index is 5.27. The highest BCUT2D eigenvalue weighted by Gasteiger charge is 2.06. The lowest BCUT2D eigenvalue weighted by molar-refractivity contribution is 0.197. The van der Waals surface area contributed by atoms with Crippen molar-refractivity contribution in [2.75, 3.05) is 32.7 Å². The highest BCUT2D eigenvalue weighted by molar-refractivity contribution is 5.33. The van der Waals surface area contributed by atoms with Gasteiger partial charge in [0.15, 0.2) is 0 Å². The Morgan fingerprint density at radius 3 is 2.90 bits per heavy atom. The number of nitrogens with zero attached hydrogens (tertiary/aromatic N) is 2. The minimum absolute atomic E-state index is 0.753. The smallest absolute Gasteiger partial charge is 0.203 e. The van der Waals surface area contributed by atoms with Gasteiger partial charge >= 0.3 is 0 Å². The Bertz CT molecular complexity index is 566. The van der Waals surface area contributed by atoms with Gasteiger partial charge in [-0.3, -0.25) is 0 Å². The molecule has 1 heterocycles. The van der Waals surface area contributed by atoms with Gasteiger partial charge in [-0.05, 0) is 31.0 Å². The molecule has 114 valence electrons. The molecule has 0 saturated heterocycles. The summed E-state index contributed by atoms with van der Waals surface area (Å²) in [6.45, 7) is 4.37. The lowest BCUT2D eigenvalue weighted by atomic mass is 10.2. The summed E-state index contributed by atoms with van der Waals surface area (Å²) in [5.41, 5.74) is 2.19. The molecular formula is C16H23N3O2. The average Bonchev–Trinajstić information content (AvgIpc) is 2.83. The Hall–Kier alpha value is -2.01. The summed E-state index contributed by atoms with van der Waals surface area (Å²) in [7, 11) is 3.40. The van der Waals surface area contributed by atoms with Crippen molar-refractivity contribution in [2.24, 2.45) is 0 Å². The minimum Gasteiger partial charge on any atom is -0.497 e. The number of anilines is 1. The molecule has 5 nitrogen and oxygen atoms in total. The third kappa shape index (κ3) is 4.49. The lowest BCUT2D eigenvalue weighted by Crippen LogP contribution is -2.10. The van der Waals surface area contributed by atoms with Gasteiger partial charge in [0.2, 0.25) is 5.95 Å². The minimum atomic E-state index is 0.753. The monoisotopic (exact) mass is 289 g/mol. The number of hydrogen-bond donors (Lipinski definition) is 1. The molecule has 0 saturated carbocycles. The van der Waals surface area contributed by atoms with E-state index in [0.29, 0.717) is 0 Å². The van der Waals surface area contributed by atoms with Crippen molar-refractivity contribution >= 4 is 5.95 Å². The molecule has 21 heavy (non-hydrogen) atoms. The second-order valence-electron chi connectivity index (χ2n) is 4.96. The highest BCUT2D eigenvalue weighted by atomic mass is 16.5. The van der Waals surface area contributed by atoms with Crippen LogP contribution >= 0.6 is 0 Å². The van der Waals surface area contributed by atoms with Crippen LogP contribution in [0.15, 0.2) is 30.5 Å². The Labute approximate surface area is 125 Å². The number of benzene rings is 1. The number of ether oxygens (including phenoxy) is 2. The summed E-state index contributed by atoms with van der Waals surface area (Å²) in [6, 6.07) is 8.09. The molecule has 5 heteroatoms. The zero-order valence-corrected chi connectivity index (χ0v) is 12.9. The van der Waals surface area contributed by atoms with Gasteiger partial charge in [-0.1, -0.05) is 12.1 Å². The maximum absolute atomic E-state index is 5.27. The highest BCUT2D eigenvalue weighted by Crippen LogP contribution is 2.16. The Kier molecular flexibility index (Phi) is 5.63. The number of hydrogen-bond acceptors (Lipinski definition) is 4. The van der Waals surface area contributed by atoms with Gasteiger partial charge in [0, 0.05) is 26.5 Å². The van der Waals surface area contributed by atoms with Crippen molar-refractivity contribution in [1.29, 1.82) is 0 Å². The fourth-order valence-corrected chi connectivity index (χ4v) is 2.19. The standard InChI is InChI=1S/C16H23N3O2/c1-13-11-19(16(18-13)17-8-5-9-20-2)12-14-6-4-7-15(10-14)21-3/h4,6-7,10-11H,5,8-9,12H2,1-3H3,(H,17,18). The molecule has 0 aliphatic rings. The van der Waals surface area contributed by atoms with Gasteiger partial charge in [0.25, 0.3) is 0 Å². The first-order valence-corrected chi connectivity index (χ1v) is 7.12. The van der Waals surface area contributed by atoms with Crippen molar-refractivity contribution in [2.45, 2.75) is 19.9 Å². The van der Waals surface area contributed by atoms with Gasteiger partial charge in [-0.25, -0.2) is 4.98 Å².